The molecular weight excluding hydrogens is 352 g/mol. The fraction of sp³-hybridized carbons (Fsp3) is 0.389. The van der Waals surface area contributed by atoms with Crippen LogP contribution in [0, 0.1) is 6.92 Å². The van der Waals surface area contributed by atoms with E-state index in [4.69, 9.17) is 0 Å². The monoisotopic (exact) mass is 376 g/mol. The molecule has 1 amide bonds. The maximum atomic E-state index is 12.6. The van der Waals surface area contributed by atoms with Gasteiger partial charge in [-0.2, -0.15) is 4.31 Å². The third-order valence-electron chi connectivity index (χ3n) is 3.88. The first kappa shape index (κ1) is 20.0. The number of aromatic nitrogens is 2. The van der Waals surface area contributed by atoms with Crippen LogP contribution >= 0.6 is 0 Å². The highest BCUT2D eigenvalue weighted by Crippen LogP contribution is 2.16. The summed E-state index contributed by atoms with van der Waals surface area (Å²) in [6.07, 6.45) is 4.73. The summed E-state index contributed by atoms with van der Waals surface area (Å²) in [6.45, 7) is 4.57. The quantitative estimate of drug-likeness (QED) is 0.713. The number of hydrogen-bond donors (Lipinski definition) is 1. The van der Waals surface area contributed by atoms with Crippen LogP contribution < -0.4 is 5.32 Å². The Morgan fingerprint density at radius 3 is 2.35 bits per heavy atom. The maximum Gasteiger partial charge on any atom is 0.254 e. The van der Waals surface area contributed by atoms with Gasteiger partial charge >= 0.3 is 0 Å². The van der Waals surface area contributed by atoms with Crippen LogP contribution in [-0.2, 0) is 16.6 Å². The van der Waals surface area contributed by atoms with Gasteiger partial charge in [-0.15, -0.1) is 0 Å². The van der Waals surface area contributed by atoms with Gasteiger partial charge in [0.15, 0.2) is 0 Å². The van der Waals surface area contributed by atoms with Gasteiger partial charge in [-0.25, -0.2) is 18.4 Å². The van der Waals surface area contributed by atoms with Gasteiger partial charge in [-0.1, -0.05) is 31.0 Å². The molecule has 1 heterocycles. The fourth-order valence-corrected chi connectivity index (χ4v) is 3.33. The number of aryl methyl sites for hydroxylation is 1. The van der Waals surface area contributed by atoms with Crippen LogP contribution in [0.4, 0.5) is 0 Å². The van der Waals surface area contributed by atoms with Crippen molar-refractivity contribution in [1.29, 1.82) is 0 Å². The third kappa shape index (κ3) is 5.09. The van der Waals surface area contributed by atoms with Gasteiger partial charge in [0, 0.05) is 26.0 Å². The van der Waals surface area contributed by atoms with Crippen molar-refractivity contribution < 1.29 is 13.2 Å². The molecule has 2 aromatic rings. The topological polar surface area (TPSA) is 92.3 Å². The average molecular weight is 376 g/mol. The average Bonchev–Trinajstić information content (AvgIpc) is 2.62. The SMILES string of the molecule is CCCCNC(=O)c1cnc(CN(C)S(=O)(=O)c2ccc(C)cc2)nc1. The molecule has 0 aliphatic carbocycles. The molecule has 0 saturated heterocycles. The molecule has 0 saturated carbocycles. The molecule has 0 aliphatic rings. The Morgan fingerprint density at radius 1 is 1.15 bits per heavy atom. The lowest BCUT2D eigenvalue weighted by Crippen LogP contribution is -2.28. The van der Waals surface area contributed by atoms with Gasteiger partial charge in [-0.3, -0.25) is 4.79 Å². The van der Waals surface area contributed by atoms with E-state index in [1.54, 1.807) is 24.3 Å². The normalized spacial score (nSPS) is 11.5. The lowest BCUT2D eigenvalue weighted by atomic mass is 10.2. The summed E-state index contributed by atoms with van der Waals surface area (Å²) in [6, 6.07) is 6.66. The minimum absolute atomic E-state index is 0.0218. The third-order valence-corrected chi connectivity index (χ3v) is 5.69. The zero-order valence-corrected chi connectivity index (χ0v) is 16.1. The first-order valence-electron chi connectivity index (χ1n) is 8.46. The molecule has 0 fully saturated rings. The van der Waals surface area contributed by atoms with Gasteiger partial charge in [-0.05, 0) is 25.5 Å². The first-order valence-corrected chi connectivity index (χ1v) is 9.90. The van der Waals surface area contributed by atoms with Gasteiger partial charge < -0.3 is 5.32 Å². The number of benzene rings is 1. The Kier molecular flexibility index (Phi) is 6.82. The minimum atomic E-state index is -3.62. The summed E-state index contributed by atoms with van der Waals surface area (Å²) >= 11 is 0. The number of carbonyl (C=O) groups excluding carboxylic acids is 1. The molecule has 0 radical (unpaired) electrons. The smallest absolute Gasteiger partial charge is 0.254 e. The van der Waals surface area contributed by atoms with E-state index in [0.29, 0.717) is 17.9 Å². The molecule has 0 bridgehead atoms. The van der Waals surface area contributed by atoms with E-state index < -0.39 is 10.0 Å². The largest absolute Gasteiger partial charge is 0.352 e. The second-order valence-electron chi connectivity index (χ2n) is 6.07. The molecule has 1 N–H and O–H groups in total. The predicted octanol–water partition coefficient (Wildman–Crippen LogP) is 2.14. The second kappa shape index (κ2) is 8.86. The van der Waals surface area contributed by atoms with E-state index in [1.165, 1.54) is 23.7 Å². The Hall–Kier alpha value is -2.32. The van der Waals surface area contributed by atoms with Gasteiger partial charge in [0.1, 0.15) is 5.82 Å². The van der Waals surface area contributed by atoms with Crippen LogP contribution in [0.2, 0.25) is 0 Å². The second-order valence-corrected chi connectivity index (χ2v) is 8.12. The number of nitrogens with one attached hydrogen (secondary N) is 1. The van der Waals surface area contributed by atoms with E-state index in [0.717, 1.165) is 18.4 Å². The van der Waals surface area contributed by atoms with E-state index in [1.807, 2.05) is 13.8 Å². The maximum absolute atomic E-state index is 12.6. The molecule has 26 heavy (non-hydrogen) atoms. The zero-order chi connectivity index (χ0) is 19.2. The molecule has 7 nitrogen and oxygen atoms in total. The van der Waals surface area contributed by atoms with Crippen molar-refractivity contribution in [3.8, 4) is 0 Å². The van der Waals surface area contributed by atoms with Crippen LogP contribution in [-0.4, -0.2) is 42.2 Å². The Bertz CT molecular complexity index is 834. The molecular formula is C18H24N4O3S. The summed E-state index contributed by atoms with van der Waals surface area (Å²) < 4.78 is 26.3. The van der Waals surface area contributed by atoms with Crippen molar-refractivity contribution in [3.05, 3.63) is 53.6 Å². The lowest BCUT2D eigenvalue weighted by Gasteiger charge is -2.16. The number of amides is 1. The molecule has 1 aromatic heterocycles. The number of sulfonamides is 1. The van der Waals surface area contributed by atoms with Crippen molar-refractivity contribution in [2.24, 2.45) is 0 Å². The highest BCUT2D eigenvalue weighted by atomic mass is 32.2. The molecule has 2 rings (SSSR count). The summed E-state index contributed by atoms with van der Waals surface area (Å²) in [5.74, 6) is 0.0962. The van der Waals surface area contributed by atoms with E-state index >= 15 is 0 Å². The molecule has 8 heteroatoms. The van der Waals surface area contributed by atoms with Crippen molar-refractivity contribution in [1.82, 2.24) is 19.6 Å². The molecule has 0 aliphatic heterocycles. The van der Waals surface area contributed by atoms with Gasteiger partial charge in [0.25, 0.3) is 5.91 Å². The highest BCUT2D eigenvalue weighted by molar-refractivity contribution is 7.89. The molecule has 0 atom stereocenters. The molecule has 1 aromatic carbocycles. The molecule has 140 valence electrons. The predicted molar refractivity (Wildman–Crippen MR) is 99.1 cm³/mol. The Labute approximate surface area is 154 Å². The first-order chi connectivity index (χ1) is 12.3. The summed E-state index contributed by atoms with van der Waals surface area (Å²) in [5.41, 5.74) is 1.34. The summed E-state index contributed by atoms with van der Waals surface area (Å²) in [4.78, 5) is 20.4. The lowest BCUT2D eigenvalue weighted by molar-refractivity contribution is 0.0952. The van der Waals surface area contributed by atoms with Gasteiger partial charge in [0.05, 0.1) is 17.0 Å². The summed E-state index contributed by atoms with van der Waals surface area (Å²) in [7, 11) is -2.15. The highest BCUT2D eigenvalue weighted by Gasteiger charge is 2.21. The van der Waals surface area contributed by atoms with Crippen molar-refractivity contribution >= 4 is 15.9 Å². The van der Waals surface area contributed by atoms with Crippen LogP contribution in [0.1, 0.15) is 41.5 Å². The summed E-state index contributed by atoms with van der Waals surface area (Å²) in [5, 5.41) is 2.79. The molecule has 0 spiro atoms. The van der Waals surface area contributed by atoms with Crippen LogP contribution in [0.15, 0.2) is 41.6 Å². The van der Waals surface area contributed by atoms with E-state index in [2.05, 4.69) is 15.3 Å². The number of hydrogen-bond acceptors (Lipinski definition) is 5. The fourth-order valence-electron chi connectivity index (χ4n) is 2.21. The molecule has 0 unspecified atom stereocenters. The Balaban J connectivity index is 2.03. The number of rotatable bonds is 8. The number of nitrogens with zero attached hydrogens (tertiary/aromatic N) is 3. The van der Waals surface area contributed by atoms with Gasteiger partial charge in [0.2, 0.25) is 10.0 Å². The van der Waals surface area contributed by atoms with Crippen molar-refractivity contribution in [3.63, 3.8) is 0 Å². The van der Waals surface area contributed by atoms with Crippen LogP contribution in [0.5, 0.6) is 0 Å². The van der Waals surface area contributed by atoms with E-state index in [9.17, 15) is 13.2 Å². The van der Waals surface area contributed by atoms with Crippen molar-refractivity contribution in [2.45, 2.75) is 38.1 Å². The number of unbranched alkanes of at least 4 members (excludes halogenated alkanes) is 1. The Morgan fingerprint density at radius 2 is 1.77 bits per heavy atom. The minimum Gasteiger partial charge on any atom is -0.352 e. The standard InChI is InChI=1S/C18H24N4O3S/c1-4-5-10-19-18(23)15-11-20-17(21-12-15)13-22(3)26(24,25)16-8-6-14(2)7-9-16/h6-9,11-12H,4-5,10,13H2,1-3H3,(H,19,23). The van der Waals surface area contributed by atoms with Crippen molar-refractivity contribution in [2.75, 3.05) is 13.6 Å². The zero-order valence-electron chi connectivity index (χ0n) is 15.3. The van der Waals surface area contributed by atoms with E-state index in [-0.39, 0.29) is 17.3 Å². The van der Waals surface area contributed by atoms with Crippen LogP contribution in [0.25, 0.3) is 0 Å². The number of carbonyl (C=O) groups is 1. The van der Waals surface area contributed by atoms with Crippen LogP contribution in [0.3, 0.4) is 0 Å².